The maximum absolute atomic E-state index is 13.7. The van der Waals surface area contributed by atoms with Crippen LogP contribution in [0.15, 0.2) is 48.8 Å². The summed E-state index contributed by atoms with van der Waals surface area (Å²) in [5, 5.41) is 6.35. The molecular weight excluding hydrogens is 759 g/mol. The molecule has 306 valence electrons. The predicted octanol–water partition coefficient (Wildman–Crippen LogP) is 7.14. The van der Waals surface area contributed by atoms with Gasteiger partial charge in [-0.15, -0.1) is 11.3 Å². The van der Waals surface area contributed by atoms with E-state index < -0.39 is 24.3 Å². The van der Waals surface area contributed by atoms with Crippen molar-refractivity contribution < 1.29 is 28.7 Å². The largest absolute Gasteiger partial charge is 0.453 e. The molecule has 2 aromatic carbocycles. The third-order valence-corrected chi connectivity index (χ3v) is 12.1. The maximum atomic E-state index is 13.7. The molecule has 2 fully saturated rings. The molecule has 3 aromatic heterocycles. The van der Waals surface area contributed by atoms with Crippen LogP contribution in [0.5, 0.6) is 0 Å². The van der Waals surface area contributed by atoms with Crippen LogP contribution in [0, 0.1) is 18.8 Å². The molecule has 0 bridgehead atoms. The topological polar surface area (TPSA) is 188 Å². The summed E-state index contributed by atoms with van der Waals surface area (Å²) in [6.07, 6.45) is 5.55. The zero-order chi connectivity index (χ0) is 41.2. The molecule has 58 heavy (non-hydrogen) atoms. The molecule has 4 atom stereocenters. The van der Waals surface area contributed by atoms with E-state index in [2.05, 4.69) is 57.0 Å². The van der Waals surface area contributed by atoms with Crippen LogP contribution in [-0.2, 0) is 19.1 Å². The molecule has 0 radical (unpaired) electrons. The highest BCUT2D eigenvalue weighted by atomic mass is 32.1. The van der Waals surface area contributed by atoms with Gasteiger partial charge in [0, 0.05) is 24.2 Å². The second kappa shape index (κ2) is 17.0. The van der Waals surface area contributed by atoms with E-state index in [1.54, 1.807) is 17.5 Å². The number of imidazole rings is 2. The zero-order valence-electron chi connectivity index (χ0n) is 33.9. The number of aromatic amines is 2. The van der Waals surface area contributed by atoms with E-state index in [0.717, 1.165) is 74.5 Å². The van der Waals surface area contributed by atoms with Crippen LogP contribution in [0.25, 0.3) is 43.9 Å². The number of thiazole rings is 1. The van der Waals surface area contributed by atoms with Crippen molar-refractivity contribution in [2.45, 2.75) is 84.5 Å². The van der Waals surface area contributed by atoms with Gasteiger partial charge >= 0.3 is 12.2 Å². The number of carbonyl (C=O) groups excluding carboxylic acids is 4. The number of benzene rings is 2. The summed E-state index contributed by atoms with van der Waals surface area (Å²) in [7, 11) is 2.58. The van der Waals surface area contributed by atoms with Gasteiger partial charge in [-0.1, -0.05) is 58.0 Å². The lowest BCUT2D eigenvalue weighted by molar-refractivity contribution is -0.136. The number of carbonyl (C=O) groups is 4. The molecule has 0 aliphatic carbocycles. The van der Waals surface area contributed by atoms with Gasteiger partial charge in [0.1, 0.15) is 23.7 Å². The molecule has 7 rings (SSSR count). The third-order valence-electron chi connectivity index (χ3n) is 11.1. The summed E-state index contributed by atoms with van der Waals surface area (Å²) in [5.41, 5.74) is 6.52. The van der Waals surface area contributed by atoms with Gasteiger partial charge in [0.15, 0.2) is 0 Å². The summed E-state index contributed by atoms with van der Waals surface area (Å²) >= 11 is 1.64. The Labute approximate surface area is 341 Å². The zero-order valence-corrected chi connectivity index (χ0v) is 34.7. The minimum atomic E-state index is -0.708. The molecule has 0 spiro atoms. The van der Waals surface area contributed by atoms with Gasteiger partial charge in [-0.05, 0) is 61.6 Å². The number of ether oxygens (including phenoxy) is 2. The number of hydrogen-bond acceptors (Lipinski definition) is 10. The molecule has 5 aromatic rings. The summed E-state index contributed by atoms with van der Waals surface area (Å²) < 4.78 is 10.6. The monoisotopic (exact) mass is 809 g/mol. The van der Waals surface area contributed by atoms with E-state index in [0.29, 0.717) is 24.7 Å². The molecule has 16 heteroatoms. The van der Waals surface area contributed by atoms with E-state index in [1.165, 1.54) is 14.2 Å². The van der Waals surface area contributed by atoms with Crippen molar-refractivity contribution >= 4 is 45.6 Å². The number of nitrogens with one attached hydrogen (secondary N) is 4. The van der Waals surface area contributed by atoms with E-state index in [1.807, 2.05) is 50.6 Å². The molecule has 2 aliphatic rings. The molecule has 2 aliphatic heterocycles. The number of amides is 4. The van der Waals surface area contributed by atoms with Crippen molar-refractivity contribution in [2.75, 3.05) is 27.3 Å². The second-order valence-electron chi connectivity index (χ2n) is 15.6. The normalized spacial score (nSPS) is 17.9. The maximum Gasteiger partial charge on any atom is 0.407 e. The number of nitrogens with zero attached hydrogens (tertiary/aromatic N) is 5. The Morgan fingerprint density at radius 3 is 1.72 bits per heavy atom. The van der Waals surface area contributed by atoms with Gasteiger partial charge in [0.2, 0.25) is 11.8 Å². The average Bonchev–Trinajstić information content (AvgIpc) is 4.06. The number of alkyl carbamates (subject to hydrolysis) is 2. The summed E-state index contributed by atoms with van der Waals surface area (Å²) in [6.45, 7) is 10.8. The van der Waals surface area contributed by atoms with Crippen LogP contribution in [0.1, 0.15) is 82.1 Å². The molecule has 4 N–H and O–H groups in total. The fraction of sp³-hybridized carbons (Fsp3) is 0.452. The van der Waals surface area contributed by atoms with Gasteiger partial charge in [-0.3, -0.25) is 9.59 Å². The van der Waals surface area contributed by atoms with Crippen LogP contribution >= 0.6 is 11.3 Å². The first-order chi connectivity index (χ1) is 27.9. The lowest BCUT2D eigenvalue weighted by Crippen LogP contribution is -2.51. The van der Waals surface area contributed by atoms with Crippen LogP contribution in [0.3, 0.4) is 0 Å². The van der Waals surface area contributed by atoms with Crippen LogP contribution < -0.4 is 10.6 Å². The number of aryl methyl sites for hydroxylation is 1. The fourth-order valence-electron chi connectivity index (χ4n) is 8.07. The number of aromatic nitrogens is 5. The highest BCUT2D eigenvalue weighted by Crippen LogP contribution is 2.40. The van der Waals surface area contributed by atoms with Gasteiger partial charge in [-0.25, -0.2) is 24.5 Å². The molecule has 0 saturated carbocycles. The Kier molecular flexibility index (Phi) is 11.8. The van der Waals surface area contributed by atoms with Gasteiger partial charge in [0.05, 0.1) is 65.3 Å². The van der Waals surface area contributed by atoms with Gasteiger partial charge < -0.3 is 39.9 Å². The number of fused-ring (bicyclic) bond motifs is 1. The van der Waals surface area contributed by atoms with E-state index in [4.69, 9.17) is 24.4 Å². The minimum absolute atomic E-state index is 0.113. The second-order valence-corrected chi connectivity index (χ2v) is 16.8. The Morgan fingerprint density at radius 2 is 1.21 bits per heavy atom. The van der Waals surface area contributed by atoms with Gasteiger partial charge in [-0.2, -0.15) is 0 Å². The average molecular weight is 810 g/mol. The van der Waals surface area contributed by atoms with Crippen molar-refractivity contribution in [3.63, 3.8) is 0 Å². The minimum Gasteiger partial charge on any atom is -0.453 e. The molecule has 15 nitrogen and oxygen atoms in total. The summed E-state index contributed by atoms with van der Waals surface area (Å²) in [4.78, 5) is 76.3. The van der Waals surface area contributed by atoms with E-state index in [9.17, 15) is 19.2 Å². The molecular formula is C42H51N9O6S. The van der Waals surface area contributed by atoms with Crippen LogP contribution in [0.2, 0.25) is 0 Å². The molecule has 4 amide bonds. The molecule has 2 saturated heterocycles. The number of rotatable bonds is 11. The highest BCUT2D eigenvalue weighted by Gasteiger charge is 2.39. The Morgan fingerprint density at radius 1 is 0.724 bits per heavy atom. The third kappa shape index (κ3) is 8.02. The lowest BCUT2D eigenvalue weighted by Gasteiger charge is -2.30. The number of hydrogen-bond donors (Lipinski definition) is 4. The van der Waals surface area contributed by atoms with E-state index >= 15 is 0 Å². The Balaban J connectivity index is 1.09. The smallest absolute Gasteiger partial charge is 0.407 e. The predicted molar refractivity (Wildman–Crippen MR) is 221 cm³/mol. The van der Waals surface area contributed by atoms with Crippen LogP contribution in [-0.4, -0.2) is 98.1 Å². The first kappa shape index (κ1) is 40.4. The summed E-state index contributed by atoms with van der Waals surface area (Å²) in [5.74, 6) is 0.882. The first-order valence-electron chi connectivity index (χ1n) is 19.8. The summed E-state index contributed by atoms with van der Waals surface area (Å²) in [6, 6.07) is 10.6. The number of H-pyrrole nitrogens is 2. The van der Waals surface area contributed by atoms with Crippen LogP contribution in [0.4, 0.5) is 9.59 Å². The van der Waals surface area contributed by atoms with Crippen molar-refractivity contribution in [1.29, 1.82) is 0 Å². The SMILES string of the molecule is COC(=O)NC(C(=O)N1CCCC1c1ncc(-c2ccc(-c3ccc(-c4cnc(C5CCCN5C(=O)C(NC(=O)OC)C(C)C)[nH]4)c4nc(C)sc34)cc2)[nH]1)C(C)C. The van der Waals surface area contributed by atoms with Crippen molar-refractivity contribution in [3.05, 3.63) is 65.4 Å². The van der Waals surface area contributed by atoms with Crippen molar-refractivity contribution in [3.8, 4) is 33.6 Å². The van der Waals surface area contributed by atoms with E-state index in [-0.39, 0.29) is 35.7 Å². The van der Waals surface area contributed by atoms with Gasteiger partial charge in [0.25, 0.3) is 0 Å². The Hall–Kier alpha value is -5.77. The quantitative estimate of drug-likeness (QED) is 0.108. The molecule has 5 heterocycles. The first-order valence-corrected chi connectivity index (χ1v) is 20.6. The number of methoxy groups -OCH3 is 2. The fourth-order valence-corrected chi connectivity index (χ4v) is 9.05. The molecule has 4 unspecified atom stereocenters. The standard InChI is InChI=1S/C42H51N9O6S/c1-22(2)33(48-41(54)56-6)39(52)50-18-8-10-31(50)37-43-20-29(46-37)26-14-12-25(13-15-26)27-16-17-28(35-36(27)58-24(5)45-35)30-21-44-38(47-30)32-11-9-19-51(32)40(53)34(23(3)4)49-42(55)57-7/h12-17,20-23,31-34H,8-11,18-19H2,1-7H3,(H,43,46)(H,44,47)(H,48,54)(H,49,55). The van der Waals surface area contributed by atoms with Crippen molar-refractivity contribution in [2.24, 2.45) is 11.8 Å². The number of likely N-dealkylation sites (tertiary alicyclic amines) is 2. The van der Waals surface area contributed by atoms with Crippen molar-refractivity contribution in [1.82, 2.24) is 45.4 Å². The Bertz CT molecular complexity index is 2300. The lowest BCUT2D eigenvalue weighted by atomic mass is 10.00. The highest BCUT2D eigenvalue weighted by molar-refractivity contribution is 7.19.